The van der Waals surface area contributed by atoms with E-state index in [0.29, 0.717) is 68.8 Å². The van der Waals surface area contributed by atoms with E-state index in [0.717, 1.165) is 24.2 Å². The number of morpholine rings is 1. The number of imidazole rings is 1. The van der Waals surface area contributed by atoms with Gasteiger partial charge in [0.1, 0.15) is 42.3 Å². The second-order valence-electron chi connectivity index (χ2n) is 19.8. The van der Waals surface area contributed by atoms with Gasteiger partial charge in [-0.05, 0) is 67.3 Å². The number of aromatic amines is 1. The van der Waals surface area contributed by atoms with Crippen molar-refractivity contribution in [3.05, 3.63) is 89.0 Å². The zero-order valence-electron chi connectivity index (χ0n) is 45.0. The third-order valence-corrected chi connectivity index (χ3v) is 13.7. The molecule has 3 heterocycles. The third kappa shape index (κ3) is 20.2. The average Bonchev–Trinajstić information content (AvgIpc) is 4.01. The maximum atomic E-state index is 15.2. The van der Waals surface area contributed by atoms with Crippen molar-refractivity contribution in [2.45, 2.75) is 139 Å². The molecule has 27 heteroatoms. The van der Waals surface area contributed by atoms with Gasteiger partial charge in [0.05, 0.1) is 26.0 Å². The van der Waals surface area contributed by atoms with Crippen molar-refractivity contribution >= 4 is 59.4 Å². The van der Waals surface area contributed by atoms with Gasteiger partial charge in [-0.15, -0.1) is 0 Å². The summed E-state index contributed by atoms with van der Waals surface area (Å²) in [5, 5.41) is 35.3. The predicted octanol–water partition coefficient (Wildman–Crippen LogP) is -1.63. The SMILES string of the molecule is CCCC[C@H](NC(N)=O)C(=O)N[C@@H](CC(=O)O)C(=O)N[C@@H](Cc1cnc[nH]1)C(=O)N[C@H](Cc1ccc(CN2CCOCC2)cc1)C(=O)N[C@@H](CCCN=C(N)N)C(=O)N1Cc2ccccc2C[C@H]1C(=O)N[C@@H](CCCCN)C(=O)O. The zero-order valence-corrected chi connectivity index (χ0v) is 45.0. The van der Waals surface area contributed by atoms with Gasteiger partial charge in [0.15, 0.2) is 5.96 Å². The van der Waals surface area contributed by atoms with E-state index < -0.39 is 102 Å². The Morgan fingerprint density at radius 2 is 1.31 bits per heavy atom. The number of primary amides is 1. The van der Waals surface area contributed by atoms with Crippen LogP contribution in [0.3, 0.4) is 0 Å². The normalized spacial score (nSPS) is 16.4. The molecule has 27 nitrogen and oxygen atoms in total. The monoisotopic (exact) mass is 1120 g/mol. The molecule has 1 aromatic heterocycles. The first-order valence-electron chi connectivity index (χ1n) is 26.9. The van der Waals surface area contributed by atoms with Crippen molar-refractivity contribution in [2.75, 3.05) is 39.4 Å². The lowest BCUT2D eigenvalue weighted by Gasteiger charge is -2.38. The number of guanidine groups is 1. The molecule has 0 unspecified atom stereocenters. The summed E-state index contributed by atoms with van der Waals surface area (Å²) >= 11 is 0. The Kier molecular flexibility index (Phi) is 25.1. The predicted molar refractivity (Wildman–Crippen MR) is 291 cm³/mol. The number of nitrogens with one attached hydrogen (secondary N) is 7. The number of rotatable bonds is 32. The summed E-state index contributed by atoms with van der Waals surface area (Å²) in [7, 11) is 0. The minimum absolute atomic E-state index is 0.0158. The van der Waals surface area contributed by atoms with Crippen molar-refractivity contribution in [1.82, 2.24) is 51.7 Å². The minimum Gasteiger partial charge on any atom is -0.481 e. The molecule has 2 aliphatic rings. The van der Waals surface area contributed by atoms with Crippen molar-refractivity contribution in [3.63, 3.8) is 0 Å². The second-order valence-corrected chi connectivity index (χ2v) is 19.8. The Bertz CT molecular complexity index is 2590. The van der Waals surface area contributed by atoms with Gasteiger partial charge >= 0.3 is 18.0 Å². The Balaban J connectivity index is 1.50. The number of hydrogen-bond donors (Lipinski definition) is 13. The Hall–Kier alpha value is -8.17. The molecule has 17 N–H and O–H groups in total. The lowest BCUT2D eigenvalue weighted by molar-refractivity contribution is -0.147. The number of unbranched alkanes of at least 4 members (excludes halogenated alkanes) is 2. The largest absolute Gasteiger partial charge is 0.481 e. The van der Waals surface area contributed by atoms with Crippen LogP contribution in [0, 0.1) is 0 Å². The number of urea groups is 1. The highest BCUT2D eigenvalue weighted by Gasteiger charge is 2.40. The van der Waals surface area contributed by atoms with Gasteiger partial charge in [0.25, 0.3) is 0 Å². The number of nitrogens with zero attached hydrogens (tertiary/aromatic N) is 4. The van der Waals surface area contributed by atoms with Crippen LogP contribution in [0.15, 0.2) is 66.0 Å². The number of aromatic nitrogens is 2. The Morgan fingerprint density at radius 3 is 1.93 bits per heavy atom. The number of nitrogens with two attached hydrogens (primary N) is 4. The molecule has 80 heavy (non-hydrogen) atoms. The first-order valence-corrected chi connectivity index (χ1v) is 26.9. The molecule has 3 aromatic rings. The molecule has 0 spiro atoms. The van der Waals surface area contributed by atoms with Crippen LogP contribution in [0.2, 0.25) is 0 Å². The van der Waals surface area contributed by atoms with Crippen LogP contribution in [-0.2, 0) is 75.4 Å². The second kappa shape index (κ2) is 32.0. The van der Waals surface area contributed by atoms with Crippen LogP contribution in [-0.4, -0.2) is 171 Å². The van der Waals surface area contributed by atoms with Crippen LogP contribution in [0.4, 0.5) is 4.79 Å². The van der Waals surface area contributed by atoms with Crippen LogP contribution >= 0.6 is 0 Å². The number of hydrogen-bond acceptors (Lipinski definition) is 14. The number of aliphatic carboxylic acids is 2. The van der Waals surface area contributed by atoms with E-state index in [1.807, 2.05) is 25.1 Å². The average molecular weight is 1120 g/mol. The van der Waals surface area contributed by atoms with Gasteiger partial charge in [-0.25, -0.2) is 14.6 Å². The molecular formula is C53H77N15O12. The first-order chi connectivity index (χ1) is 38.3. The van der Waals surface area contributed by atoms with E-state index >= 15 is 9.59 Å². The van der Waals surface area contributed by atoms with Gasteiger partial charge in [0, 0.05) is 63.9 Å². The molecule has 2 aliphatic heterocycles. The van der Waals surface area contributed by atoms with Gasteiger partial charge < -0.3 is 79.7 Å². The van der Waals surface area contributed by atoms with E-state index in [9.17, 15) is 43.8 Å². The molecule has 5 rings (SSSR count). The van der Waals surface area contributed by atoms with E-state index in [2.05, 4.69) is 51.8 Å². The van der Waals surface area contributed by atoms with Crippen LogP contribution in [0.25, 0.3) is 0 Å². The number of fused-ring (bicyclic) bond motifs is 1. The number of carbonyl (C=O) groups is 9. The number of H-pyrrole nitrogens is 1. The lowest BCUT2D eigenvalue weighted by Crippen LogP contribution is -2.61. The molecule has 436 valence electrons. The number of carboxylic acid groups (broad SMARTS) is 2. The summed E-state index contributed by atoms with van der Waals surface area (Å²) < 4.78 is 5.50. The highest BCUT2D eigenvalue weighted by atomic mass is 16.5. The first kappa shape index (κ1) is 62.7. The fraction of sp³-hybridized carbons (Fsp3) is 0.528. The highest BCUT2D eigenvalue weighted by Crippen LogP contribution is 2.26. The number of carboxylic acids is 2. The topological polar surface area (TPSA) is 427 Å². The molecular weight excluding hydrogens is 1040 g/mol. The van der Waals surface area contributed by atoms with E-state index in [1.54, 1.807) is 30.3 Å². The number of aliphatic imine (C=N–C) groups is 1. The number of benzene rings is 2. The standard InChI is InChI=1S/C53H77N15O12/c1-2-3-11-37(66-53(57)79)45(71)65-42(27-44(69)70)48(74)64-41(26-36-28-58-31-60-36)47(73)63-40(24-32-14-16-33(17-15-32)29-67-20-22-80-23-21-67)46(72)61-38(13-8-19-59-52(55)56)50(76)68-30-35-10-5-4-9-34(35)25-43(68)49(75)62-39(51(77)78)12-6-7-18-54/h4-5,9-10,14-17,28,31,37-43H,2-3,6-8,11-13,18-27,29-30,54H2,1H3,(H,58,60)(H,61,72)(H,62,75)(H,63,73)(H,64,74)(H,65,71)(H,69,70)(H,77,78)(H4,55,56,59)(H3,57,66,79)/t37-,38-,39-,40+,41-,42-,43-/m0/s1. The van der Waals surface area contributed by atoms with Gasteiger partial charge in [0.2, 0.25) is 35.4 Å². The van der Waals surface area contributed by atoms with Crippen molar-refractivity contribution in [3.8, 4) is 0 Å². The third-order valence-electron chi connectivity index (χ3n) is 13.7. The number of carbonyl (C=O) groups excluding carboxylic acids is 7. The highest BCUT2D eigenvalue weighted by molar-refractivity contribution is 5.98. The summed E-state index contributed by atoms with van der Waals surface area (Å²) in [5.41, 5.74) is 25.6. The fourth-order valence-electron chi connectivity index (χ4n) is 9.36. The zero-order chi connectivity index (χ0) is 58.1. The summed E-state index contributed by atoms with van der Waals surface area (Å²) in [4.78, 5) is 137. The number of ether oxygens (including phenoxy) is 1. The van der Waals surface area contributed by atoms with E-state index in [1.165, 1.54) is 17.4 Å². The van der Waals surface area contributed by atoms with Crippen LogP contribution < -0.4 is 54.8 Å². The summed E-state index contributed by atoms with van der Waals surface area (Å²) in [6, 6.07) is 3.56. The van der Waals surface area contributed by atoms with Crippen LogP contribution in [0.5, 0.6) is 0 Å². The van der Waals surface area contributed by atoms with Crippen molar-refractivity contribution < 1.29 is 58.1 Å². The molecule has 0 saturated carbocycles. The summed E-state index contributed by atoms with van der Waals surface area (Å²) in [5.74, 6) is -8.18. The summed E-state index contributed by atoms with van der Waals surface area (Å²) in [6.45, 7) is 5.40. The van der Waals surface area contributed by atoms with Crippen LogP contribution in [0.1, 0.15) is 92.7 Å². The quantitative estimate of drug-likeness (QED) is 0.0190. The molecule has 2 aromatic carbocycles. The van der Waals surface area contributed by atoms with Crippen molar-refractivity contribution in [1.29, 1.82) is 0 Å². The fourth-order valence-corrected chi connectivity index (χ4v) is 9.36. The minimum atomic E-state index is -1.77. The van der Waals surface area contributed by atoms with Crippen molar-refractivity contribution in [2.24, 2.45) is 27.9 Å². The molecule has 0 aliphatic carbocycles. The molecule has 7 atom stereocenters. The lowest BCUT2D eigenvalue weighted by atomic mass is 9.92. The number of amides is 8. The Morgan fingerprint density at radius 1 is 0.713 bits per heavy atom. The smallest absolute Gasteiger partial charge is 0.326 e. The molecule has 1 saturated heterocycles. The van der Waals surface area contributed by atoms with E-state index in [4.69, 9.17) is 27.7 Å². The molecule has 0 radical (unpaired) electrons. The maximum absolute atomic E-state index is 15.2. The van der Waals surface area contributed by atoms with Gasteiger partial charge in [-0.3, -0.25) is 43.5 Å². The molecule has 8 amide bonds. The maximum Gasteiger partial charge on any atom is 0.326 e. The van der Waals surface area contributed by atoms with Gasteiger partial charge in [-0.1, -0.05) is 68.3 Å². The van der Waals surface area contributed by atoms with Gasteiger partial charge in [-0.2, -0.15) is 0 Å². The molecule has 1 fully saturated rings. The molecule has 0 bridgehead atoms. The summed E-state index contributed by atoms with van der Waals surface area (Å²) in [6.07, 6.45) is 3.66. The Labute approximate surface area is 463 Å². The van der Waals surface area contributed by atoms with E-state index in [-0.39, 0.29) is 64.0 Å².